The quantitative estimate of drug-likeness (QED) is 0.0112. The first kappa shape index (κ1) is 106. The van der Waals surface area contributed by atoms with Crippen molar-refractivity contribution >= 4 is 134 Å². The number of carbonyl (C=O) groups is 17. The fourth-order valence-electron chi connectivity index (χ4n) is 16.0. The van der Waals surface area contributed by atoms with Crippen molar-refractivity contribution in [1.29, 1.82) is 10.8 Å². The number of fused-ring (bicyclic) bond motifs is 2. The van der Waals surface area contributed by atoms with Crippen LogP contribution < -0.4 is 97.0 Å². The molecule has 0 radical (unpaired) electrons. The van der Waals surface area contributed by atoms with Crippen molar-refractivity contribution in [2.24, 2.45) is 40.9 Å². The lowest BCUT2D eigenvalue weighted by atomic mass is 9.97. The van der Waals surface area contributed by atoms with E-state index in [-0.39, 0.29) is 114 Å². The number of benzene rings is 2. The van der Waals surface area contributed by atoms with E-state index < -0.39 is 230 Å². The number of guanidine groups is 2. The second kappa shape index (κ2) is 51.5. The zero-order valence-corrected chi connectivity index (χ0v) is 76.2. The number of aromatic amines is 2. The van der Waals surface area contributed by atoms with Crippen LogP contribution >= 0.6 is 0 Å². The average molecular weight is 1850 g/mol. The van der Waals surface area contributed by atoms with E-state index in [0.717, 1.165) is 0 Å². The predicted molar refractivity (Wildman–Crippen MR) is 484 cm³/mol. The molecule has 3 fully saturated rings. The molecular formula is C87H133N25O20. The molecule has 16 amide bonds. The molecule has 0 saturated carbocycles. The highest BCUT2D eigenvalue weighted by atomic mass is 16.4. The van der Waals surface area contributed by atoms with Crippen molar-refractivity contribution in [2.45, 2.75) is 243 Å². The van der Waals surface area contributed by atoms with Gasteiger partial charge in [0, 0.05) is 79.8 Å². The van der Waals surface area contributed by atoms with E-state index in [2.05, 4.69) is 89.7 Å². The second-order valence-corrected chi connectivity index (χ2v) is 34.8. The monoisotopic (exact) mass is 1850 g/mol. The maximum absolute atomic E-state index is 14.8. The summed E-state index contributed by atoms with van der Waals surface area (Å²) in [7, 11) is 0. The van der Waals surface area contributed by atoms with Crippen LogP contribution in [0, 0.1) is 34.5 Å². The highest BCUT2D eigenvalue weighted by molar-refractivity contribution is 6.02. The Balaban J connectivity index is 0.955. The maximum atomic E-state index is 14.8. The Kier molecular flexibility index (Phi) is 41.4. The minimum absolute atomic E-state index is 0.0181. The number of nitrogens with two attached hydrogens (primary N) is 3. The number of likely N-dealkylation sites (tertiary alicyclic amines) is 3. The Bertz CT molecular complexity index is 4750. The van der Waals surface area contributed by atoms with Gasteiger partial charge in [0.05, 0.1) is 38.9 Å². The molecule has 0 bridgehead atoms. The first-order chi connectivity index (χ1) is 62.6. The van der Waals surface area contributed by atoms with Gasteiger partial charge < -0.3 is 137 Å². The van der Waals surface area contributed by atoms with Crippen LogP contribution in [0.25, 0.3) is 21.8 Å². The van der Waals surface area contributed by atoms with E-state index in [9.17, 15) is 96.8 Å². The molecule has 726 valence electrons. The molecule has 0 spiro atoms. The summed E-state index contributed by atoms with van der Waals surface area (Å²) in [5.41, 5.74) is 19.2. The number of rotatable bonds is 51. The number of nitrogens with zero attached hydrogens (tertiary/aromatic N) is 3. The SMILES string of the molecule is CC[C@H](C)[C@H](NC(=O)[C@@H]1CCCN1C(=O)CNC(=O)[C@H](CO)NC(=O)[C@H](Cc1c[nH]c2ccccc12)NC(=O)[C@H](CCCNC(=N)N)NC(=O)[C@@H]1CCCN1C(=O)[C@H](CC(C)C)NC(=O)[C@@H]1CCCN1C(=O)[C@H](C)N)C(=O)NCC(=O)N[C@H](C(=O)N[C@@H](CO)C(=O)N[C@@H](Cc1c[nH]c2ccccc12)C(=O)NCC(=O)N[C@@H](CC(C)C)C(=O)N[C@@H](CCCNC(=N)N)C(=O)O)C(C)C. The molecule has 7 rings (SSSR count). The van der Waals surface area contributed by atoms with Crippen molar-refractivity contribution in [3.8, 4) is 0 Å². The van der Waals surface area contributed by atoms with E-state index in [1.165, 1.54) is 21.6 Å². The lowest BCUT2D eigenvalue weighted by Crippen LogP contribution is -2.60. The van der Waals surface area contributed by atoms with Gasteiger partial charge >= 0.3 is 5.97 Å². The molecule has 15 atom stereocenters. The highest BCUT2D eigenvalue weighted by Crippen LogP contribution is 2.27. The van der Waals surface area contributed by atoms with E-state index in [1.807, 2.05) is 13.8 Å². The number of H-pyrrole nitrogens is 2. The van der Waals surface area contributed by atoms with Gasteiger partial charge in [0.1, 0.15) is 78.5 Å². The molecule has 5 heterocycles. The van der Waals surface area contributed by atoms with Gasteiger partial charge in [-0.3, -0.25) is 87.5 Å². The summed E-state index contributed by atoms with van der Waals surface area (Å²) >= 11 is 0. The smallest absolute Gasteiger partial charge is 0.326 e. The normalized spacial score (nSPS) is 17.5. The number of aliphatic hydroxyl groups excluding tert-OH is 2. The van der Waals surface area contributed by atoms with Gasteiger partial charge in [-0.1, -0.05) is 98.2 Å². The van der Waals surface area contributed by atoms with Crippen LogP contribution in [0.4, 0.5) is 0 Å². The molecule has 4 aromatic rings. The summed E-state index contributed by atoms with van der Waals surface area (Å²) in [5.74, 6) is -16.7. The van der Waals surface area contributed by atoms with Crippen LogP contribution in [0.3, 0.4) is 0 Å². The fraction of sp³-hybridized carbons (Fsp3) is 0.598. The number of amides is 16. The third-order valence-corrected chi connectivity index (χ3v) is 23.3. The van der Waals surface area contributed by atoms with Crippen LogP contribution in [0.1, 0.15) is 157 Å². The number of carboxylic acid groups (broad SMARTS) is 1. The lowest BCUT2D eigenvalue weighted by molar-refractivity contribution is -0.144. The van der Waals surface area contributed by atoms with E-state index in [0.29, 0.717) is 71.6 Å². The van der Waals surface area contributed by atoms with Gasteiger partial charge in [0.15, 0.2) is 11.9 Å². The Morgan fingerprint density at radius 1 is 0.439 bits per heavy atom. The Hall–Kier alpha value is -13.1. The number of carbonyl (C=O) groups excluding carboxylic acids is 16. The van der Waals surface area contributed by atoms with Gasteiger partial charge in [-0.25, -0.2) is 4.79 Å². The second-order valence-electron chi connectivity index (χ2n) is 34.8. The number of aliphatic hydroxyl groups is 2. The van der Waals surface area contributed by atoms with E-state index in [1.54, 1.807) is 102 Å². The largest absolute Gasteiger partial charge is 0.480 e. The molecule has 3 saturated heterocycles. The van der Waals surface area contributed by atoms with Crippen molar-refractivity contribution in [1.82, 2.24) is 104 Å². The molecule has 132 heavy (non-hydrogen) atoms. The van der Waals surface area contributed by atoms with Crippen LogP contribution in [0.15, 0.2) is 60.9 Å². The zero-order chi connectivity index (χ0) is 97.3. The molecular weight excluding hydrogens is 1720 g/mol. The number of aromatic nitrogens is 2. The highest BCUT2D eigenvalue weighted by Gasteiger charge is 2.44. The van der Waals surface area contributed by atoms with Crippen LogP contribution in [-0.4, -0.2) is 303 Å². The van der Waals surface area contributed by atoms with Crippen LogP contribution in [-0.2, 0) is 94.3 Å². The Morgan fingerprint density at radius 3 is 1.34 bits per heavy atom. The van der Waals surface area contributed by atoms with Crippen molar-refractivity contribution in [3.05, 3.63) is 72.1 Å². The van der Waals surface area contributed by atoms with Gasteiger partial charge in [-0.05, 0) is 131 Å². The first-order valence-electron chi connectivity index (χ1n) is 44.9. The van der Waals surface area contributed by atoms with Gasteiger partial charge in [-0.15, -0.1) is 0 Å². The average Bonchev–Trinajstić information content (AvgIpc) is 1.64. The van der Waals surface area contributed by atoms with Gasteiger partial charge in [0.25, 0.3) is 0 Å². The van der Waals surface area contributed by atoms with Crippen molar-refractivity contribution in [2.75, 3.05) is 65.6 Å². The number of hydrogen-bond acceptors (Lipinski definition) is 22. The number of aliphatic carboxylic acids is 1. The minimum Gasteiger partial charge on any atom is -0.480 e. The van der Waals surface area contributed by atoms with E-state index >= 15 is 0 Å². The van der Waals surface area contributed by atoms with E-state index in [4.69, 9.17) is 28.0 Å². The summed E-state index contributed by atoms with van der Waals surface area (Å²) in [6, 6.07) is -4.38. The van der Waals surface area contributed by atoms with Gasteiger partial charge in [-0.2, -0.15) is 0 Å². The number of carboxylic acids is 1. The standard InChI is InChI=1S/C87H133N25O20/c1-10-48(8)71(81(127)98-41-68(116)108-70(47(6)7)82(128)107-63(44-114)77(123)103-59(36-50-38-95-54-22-13-11-20-52(50)54)72(118)97-40-67(115)100-58(34-45(2)3)75(121)102-57(85(131)132)25-16-30-94-87(91)92)109-80(126)64-26-17-31-110(64)69(117)42-99-73(119)62(43-113)106-76(122)60(37-51-39-96-55-23-14-12-21-53(51)55)104-74(120)56(24-15-29-93-86(89)90)101-78(124)66-28-19-33-112(66)84(130)61(35-46(4)5)105-79(125)65-27-18-32-111(65)83(129)49(9)88/h11-14,20-23,38-39,45-49,56-66,70-71,95-96,113-114H,10,15-19,24-37,40-44,88H2,1-9H3,(H,97,118)(H,98,127)(H,99,119)(H,100,115)(H,101,124)(H,102,121)(H,103,123)(H,104,120)(H,105,125)(H,106,122)(H,107,128)(H,108,116)(H,109,126)(H,131,132)(H4,89,90,93)(H4,91,92,94)/t48-,49-,56-,57-,58-,59-,60-,61-,62-,63-,64-,65-,66-,70-,71-/m0/s1. The van der Waals surface area contributed by atoms with Crippen LogP contribution in [0.2, 0.25) is 0 Å². The summed E-state index contributed by atoms with van der Waals surface area (Å²) < 4.78 is 0. The maximum Gasteiger partial charge on any atom is 0.326 e. The third kappa shape index (κ3) is 31.3. The minimum atomic E-state index is -1.76. The first-order valence-corrected chi connectivity index (χ1v) is 44.9. The third-order valence-electron chi connectivity index (χ3n) is 23.3. The molecule has 3 aliphatic rings. The van der Waals surface area contributed by atoms with Gasteiger partial charge in [0.2, 0.25) is 94.5 Å². The Labute approximate surface area is 764 Å². The number of hydrogen-bond donors (Lipinski definition) is 25. The molecule has 0 aliphatic carbocycles. The molecule has 0 unspecified atom stereocenters. The number of para-hydroxylation sites is 2. The number of nitrogens with one attached hydrogen (secondary N) is 19. The summed E-state index contributed by atoms with van der Waals surface area (Å²) in [4.78, 5) is 248. The lowest BCUT2D eigenvalue weighted by Gasteiger charge is -2.32. The molecule has 45 nitrogen and oxygen atoms in total. The molecule has 2 aromatic heterocycles. The van der Waals surface area contributed by atoms with Crippen molar-refractivity contribution in [3.63, 3.8) is 0 Å². The molecule has 28 N–H and O–H groups in total. The topological polar surface area (TPSA) is 698 Å². The summed E-state index contributed by atoms with van der Waals surface area (Å²) in [6.07, 6.45) is 5.37. The fourth-order valence-corrected chi connectivity index (χ4v) is 16.0. The molecule has 3 aliphatic heterocycles. The molecule has 2 aromatic carbocycles. The summed E-state index contributed by atoms with van der Waals surface area (Å²) in [5, 5.41) is 86.1. The zero-order valence-electron chi connectivity index (χ0n) is 76.2. The molecule has 45 heteroatoms. The summed E-state index contributed by atoms with van der Waals surface area (Å²) in [6.45, 7) is 11.6. The Morgan fingerprint density at radius 2 is 0.841 bits per heavy atom. The predicted octanol–water partition coefficient (Wildman–Crippen LogP) is -4.66. The van der Waals surface area contributed by atoms with Crippen molar-refractivity contribution < 1.29 is 96.8 Å². The van der Waals surface area contributed by atoms with Crippen LogP contribution in [0.5, 0.6) is 0 Å².